The first-order chi connectivity index (χ1) is 14.6. The molecule has 0 bridgehead atoms. The van der Waals surface area contributed by atoms with Crippen molar-refractivity contribution in [1.29, 1.82) is 0 Å². The van der Waals surface area contributed by atoms with Crippen molar-refractivity contribution < 1.29 is 9.59 Å². The Hall–Kier alpha value is -1.53. The summed E-state index contributed by atoms with van der Waals surface area (Å²) >= 11 is 20.0. The zero-order valence-electron chi connectivity index (χ0n) is 19.7. The first-order valence-electron chi connectivity index (χ1n) is 10.5. The van der Waals surface area contributed by atoms with Crippen molar-refractivity contribution in [3.8, 4) is 0 Å². The Morgan fingerprint density at radius 1 is 0.688 bits per heavy atom. The monoisotopic (exact) mass is 510 g/mol. The summed E-state index contributed by atoms with van der Waals surface area (Å²) in [7, 11) is 0. The van der Waals surface area contributed by atoms with Crippen LogP contribution in [0.15, 0.2) is 24.3 Å². The highest BCUT2D eigenvalue weighted by Gasteiger charge is 2.60. The molecule has 1 heterocycles. The number of rotatable bonds is 3. The van der Waals surface area contributed by atoms with Crippen molar-refractivity contribution >= 4 is 62.4 Å². The number of aryl methyl sites for hydroxylation is 6. The van der Waals surface area contributed by atoms with Crippen LogP contribution in [0.3, 0.4) is 0 Å². The lowest BCUT2D eigenvalue weighted by Gasteiger charge is -2.51. The minimum atomic E-state index is -3.69. The topological polar surface area (TPSA) is 40.6 Å². The Kier molecular flexibility index (Phi) is 6.55. The molecule has 0 N–H and O–H groups in total. The van der Waals surface area contributed by atoms with Gasteiger partial charge < -0.3 is 0 Å². The summed E-state index contributed by atoms with van der Waals surface area (Å²) in [4.78, 5) is 30.8. The molecule has 0 spiro atoms. The third-order valence-electron chi connectivity index (χ3n) is 6.04. The number of carbonyl (C=O) groups excluding carboxylic acids is 2. The first kappa shape index (κ1) is 25.1. The molecule has 0 saturated carbocycles. The maximum atomic E-state index is 13.8. The van der Waals surface area contributed by atoms with Crippen LogP contribution < -0.4 is 9.80 Å². The summed E-state index contributed by atoms with van der Waals surface area (Å²) in [5.41, 5.74) is 5.79. The first-order valence-corrected chi connectivity index (χ1v) is 15.6. The fourth-order valence-corrected chi connectivity index (χ4v) is 7.71. The van der Waals surface area contributed by atoms with Crippen molar-refractivity contribution in [1.82, 2.24) is 0 Å². The largest absolute Gasteiger partial charge is 0.384 e. The van der Waals surface area contributed by atoms with E-state index in [4.69, 9.17) is 33.2 Å². The lowest BCUT2D eigenvalue weighted by Crippen LogP contribution is -2.72. The molecule has 2 amide bonds. The number of nitrogens with zero attached hydrogens (tertiary/aromatic N) is 2. The molecular formula is C24H29Cl3N2O2Si. The van der Waals surface area contributed by atoms with E-state index >= 15 is 0 Å². The van der Waals surface area contributed by atoms with E-state index in [1.54, 1.807) is 23.6 Å². The molecule has 1 fully saturated rings. The molecule has 0 unspecified atom stereocenters. The van der Waals surface area contributed by atoms with Crippen LogP contribution in [0.5, 0.6) is 0 Å². The van der Waals surface area contributed by atoms with E-state index < -0.39 is 17.2 Å². The summed E-state index contributed by atoms with van der Waals surface area (Å²) < 4.78 is 0. The van der Waals surface area contributed by atoms with Crippen LogP contribution in [0.2, 0.25) is 0 Å². The van der Waals surface area contributed by atoms with Crippen LogP contribution in [0.1, 0.15) is 47.2 Å². The lowest BCUT2D eigenvalue weighted by atomic mass is 9.86. The second kappa shape index (κ2) is 8.35. The number of amides is 2. The highest BCUT2D eigenvalue weighted by molar-refractivity contribution is 7.65. The van der Waals surface area contributed by atoms with Gasteiger partial charge in [0, 0.05) is 0 Å². The third kappa shape index (κ3) is 4.09. The molecule has 32 heavy (non-hydrogen) atoms. The molecule has 1 aliphatic heterocycles. The number of hydrogen-bond donors (Lipinski definition) is 0. The van der Waals surface area contributed by atoms with Gasteiger partial charge in [0.2, 0.25) is 11.8 Å². The van der Waals surface area contributed by atoms with Crippen LogP contribution in [-0.4, -0.2) is 23.6 Å². The maximum Gasteiger partial charge on any atom is 0.384 e. The summed E-state index contributed by atoms with van der Waals surface area (Å²) in [5.74, 6) is -1.74. The molecule has 0 radical (unpaired) electrons. The van der Waals surface area contributed by atoms with Crippen LogP contribution in [0.25, 0.3) is 0 Å². The van der Waals surface area contributed by atoms with Gasteiger partial charge in [-0.25, -0.2) is 0 Å². The molecular weight excluding hydrogens is 483 g/mol. The van der Waals surface area contributed by atoms with E-state index in [9.17, 15) is 9.59 Å². The summed E-state index contributed by atoms with van der Waals surface area (Å²) in [6, 6.07) is 4.32. The molecule has 2 aromatic rings. The van der Waals surface area contributed by atoms with Gasteiger partial charge in [-0.2, -0.15) is 0 Å². The predicted molar refractivity (Wildman–Crippen MR) is 137 cm³/mol. The Bertz CT molecular complexity index is 999. The van der Waals surface area contributed by atoms with E-state index in [2.05, 4.69) is 0 Å². The quantitative estimate of drug-likeness (QED) is 0.269. The molecule has 1 saturated heterocycles. The number of benzene rings is 2. The Morgan fingerprint density at radius 2 is 0.969 bits per heavy atom. The van der Waals surface area contributed by atoms with Gasteiger partial charge >= 0.3 is 6.00 Å². The van der Waals surface area contributed by atoms with Crippen LogP contribution in [-0.2, 0) is 9.59 Å². The number of carbonyl (C=O) groups is 2. The summed E-state index contributed by atoms with van der Waals surface area (Å²) in [5, 5.41) is 0. The molecule has 4 nitrogen and oxygen atoms in total. The number of anilines is 2. The SMILES string of the molecule is Cc1cc(C)c(N2C(=O)C(C)(C)C(=O)N(c3c(C)cc(C)cc3C)C2[Si](Cl)(Cl)Cl)c(C)c1. The van der Waals surface area contributed by atoms with E-state index in [0.29, 0.717) is 11.4 Å². The van der Waals surface area contributed by atoms with Crippen molar-refractivity contribution in [3.05, 3.63) is 57.6 Å². The lowest BCUT2D eigenvalue weighted by molar-refractivity contribution is -0.140. The second-order valence-corrected chi connectivity index (χ2v) is 18.1. The third-order valence-corrected chi connectivity index (χ3v) is 8.90. The minimum absolute atomic E-state index is 0.361. The van der Waals surface area contributed by atoms with Crippen LogP contribution in [0.4, 0.5) is 11.4 Å². The van der Waals surface area contributed by atoms with Crippen LogP contribution >= 0.6 is 33.2 Å². The summed E-state index contributed by atoms with van der Waals surface area (Å²) in [6.45, 7) is 15.1. The molecule has 2 aromatic carbocycles. The van der Waals surface area contributed by atoms with E-state index in [0.717, 1.165) is 33.4 Å². The van der Waals surface area contributed by atoms with Crippen molar-refractivity contribution in [2.24, 2.45) is 5.41 Å². The van der Waals surface area contributed by atoms with Crippen molar-refractivity contribution in [2.75, 3.05) is 9.80 Å². The molecule has 3 rings (SSSR count). The fourth-order valence-electron chi connectivity index (χ4n) is 4.88. The normalized spacial score (nSPS) is 17.3. The maximum absolute atomic E-state index is 13.8. The van der Waals surface area contributed by atoms with Gasteiger partial charge in [0.25, 0.3) is 0 Å². The minimum Gasteiger partial charge on any atom is -0.288 e. The van der Waals surface area contributed by atoms with Crippen molar-refractivity contribution in [3.63, 3.8) is 0 Å². The highest BCUT2D eigenvalue weighted by Crippen LogP contribution is 2.46. The van der Waals surface area contributed by atoms with Crippen LogP contribution in [0, 0.1) is 47.0 Å². The molecule has 0 atom stereocenters. The summed E-state index contributed by atoms with van der Waals surface area (Å²) in [6.07, 6.45) is 0. The highest BCUT2D eigenvalue weighted by atomic mass is 35.8. The second-order valence-electron chi connectivity index (χ2n) is 9.39. The molecule has 8 heteroatoms. The van der Waals surface area contributed by atoms with Gasteiger partial charge in [-0.1, -0.05) is 35.4 Å². The van der Waals surface area contributed by atoms with Gasteiger partial charge in [-0.05, 0) is 77.6 Å². The van der Waals surface area contributed by atoms with E-state index in [-0.39, 0.29) is 11.8 Å². The molecule has 0 aromatic heterocycles. The Balaban J connectivity index is 2.41. The molecule has 1 aliphatic rings. The van der Waals surface area contributed by atoms with Gasteiger partial charge in [-0.15, -0.1) is 33.2 Å². The predicted octanol–water partition coefficient (Wildman–Crippen LogP) is 6.46. The molecule has 172 valence electrons. The number of halogens is 3. The number of hydrogen-bond acceptors (Lipinski definition) is 2. The fraction of sp³-hybridized carbons (Fsp3) is 0.417. The van der Waals surface area contributed by atoms with E-state index in [1.807, 2.05) is 65.8 Å². The van der Waals surface area contributed by atoms with Gasteiger partial charge in [0.15, 0.2) is 5.79 Å². The molecule has 0 aliphatic carbocycles. The zero-order chi connectivity index (χ0) is 24.3. The Morgan fingerprint density at radius 3 is 1.22 bits per heavy atom. The average Bonchev–Trinajstić information content (AvgIpc) is 2.60. The van der Waals surface area contributed by atoms with Gasteiger partial charge in [0.1, 0.15) is 5.41 Å². The van der Waals surface area contributed by atoms with E-state index in [1.165, 1.54) is 0 Å². The van der Waals surface area contributed by atoms with Gasteiger partial charge in [-0.3, -0.25) is 19.4 Å². The standard InChI is InChI=1S/C24H29Cl3N2O2Si/c1-13-9-15(3)19(16(4)10-13)28-21(30)24(7,8)22(31)29(23(28)32(25,26)27)20-17(5)11-14(2)12-18(20)6/h9-12,23H,1-8H3. The Labute approximate surface area is 205 Å². The smallest absolute Gasteiger partial charge is 0.288 e. The zero-order valence-corrected chi connectivity index (χ0v) is 23.0. The van der Waals surface area contributed by atoms with Gasteiger partial charge in [0.05, 0.1) is 11.4 Å². The van der Waals surface area contributed by atoms with Crippen molar-refractivity contribution in [2.45, 2.75) is 61.2 Å². The average molecular weight is 512 g/mol.